The molecule has 0 unspecified atom stereocenters. The molecule has 1 amide bonds. The van der Waals surface area contributed by atoms with Crippen LogP contribution in [-0.4, -0.2) is 49.5 Å². The minimum absolute atomic E-state index is 0.0432. The van der Waals surface area contributed by atoms with Gasteiger partial charge in [0.2, 0.25) is 0 Å². The van der Waals surface area contributed by atoms with Crippen LogP contribution in [-0.2, 0) is 0 Å². The van der Waals surface area contributed by atoms with Crippen LogP contribution in [0.25, 0.3) is 0 Å². The molecule has 0 atom stereocenters. The lowest BCUT2D eigenvalue weighted by Gasteiger charge is -2.32. The Labute approximate surface area is 118 Å². The van der Waals surface area contributed by atoms with Crippen LogP contribution in [0.5, 0.6) is 0 Å². The second-order valence-electron chi connectivity index (χ2n) is 4.87. The molecule has 0 saturated carbocycles. The Morgan fingerprint density at radius 1 is 1.25 bits per heavy atom. The van der Waals surface area contributed by atoms with Crippen LogP contribution in [0.4, 0.5) is 0 Å². The Hall–Kier alpha value is -2.14. The zero-order valence-electron chi connectivity index (χ0n) is 11.3. The highest BCUT2D eigenvalue weighted by molar-refractivity contribution is 6.04. The SMILES string of the molecule is C=CC[NH+]1CCN(C(=O)c2ccccc2C(=O)[O-])CC1. The van der Waals surface area contributed by atoms with Crippen molar-refractivity contribution in [1.29, 1.82) is 0 Å². The number of aromatic carboxylic acids is 1. The predicted molar refractivity (Wildman–Crippen MR) is 72.4 cm³/mol. The van der Waals surface area contributed by atoms with E-state index in [2.05, 4.69) is 6.58 Å². The molecule has 1 heterocycles. The molecular formula is C15H18N2O3. The van der Waals surface area contributed by atoms with E-state index in [9.17, 15) is 14.7 Å². The number of rotatable bonds is 4. The number of benzene rings is 1. The van der Waals surface area contributed by atoms with Gasteiger partial charge in [0.1, 0.15) is 0 Å². The number of nitrogens with one attached hydrogen (secondary N) is 1. The molecule has 1 aliphatic heterocycles. The fraction of sp³-hybridized carbons (Fsp3) is 0.333. The smallest absolute Gasteiger partial charge is 0.254 e. The van der Waals surface area contributed by atoms with Crippen molar-refractivity contribution in [1.82, 2.24) is 4.90 Å². The van der Waals surface area contributed by atoms with Crippen molar-refractivity contribution in [2.24, 2.45) is 0 Å². The van der Waals surface area contributed by atoms with E-state index in [0.29, 0.717) is 13.1 Å². The van der Waals surface area contributed by atoms with E-state index in [0.717, 1.165) is 19.6 Å². The average molecular weight is 274 g/mol. The first-order valence-corrected chi connectivity index (χ1v) is 6.67. The Morgan fingerprint density at radius 3 is 2.40 bits per heavy atom. The van der Waals surface area contributed by atoms with Crippen molar-refractivity contribution >= 4 is 11.9 Å². The third-order valence-corrected chi connectivity index (χ3v) is 3.57. The molecular weight excluding hydrogens is 256 g/mol. The van der Waals surface area contributed by atoms with Gasteiger partial charge in [-0.2, -0.15) is 0 Å². The summed E-state index contributed by atoms with van der Waals surface area (Å²) in [6, 6.07) is 6.20. The number of carbonyl (C=O) groups is 2. The molecule has 1 aromatic carbocycles. The number of nitrogens with zero attached hydrogens (tertiary/aromatic N) is 1. The molecule has 1 fully saturated rings. The topological polar surface area (TPSA) is 64.9 Å². The van der Waals surface area contributed by atoms with Gasteiger partial charge in [0, 0.05) is 11.1 Å². The van der Waals surface area contributed by atoms with E-state index in [-0.39, 0.29) is 17.0 Å². The van der Waals surface area contributed by atoms with Crippen LogP contribution in [0.2, 0.25) is 0 Å². The Balaban J connectivity index is 2.09. The maximum Gasteiger partial charge on any atom is 0.254 e. The summed E-state index contributed by atoms with van der Waals surface area (Å²) in [6.45, 7) is 7.56. The van der Waals surface area contributed by atoms with E-state index in [1.165, 1.54) is 17.0 Å². The van der Waals surface area contributed by atoms with Gasteiger partial charge < -0.3 is 19.7 Å². The zero-order valence-corrected chi connectivity index (χ0v) is 11.3. The Bertz CT molecular complexity index is 520. The van der Waals surface area contributed by atoms with Crippen molar-refractivity contribution in [3.05, 3.63) is 48.0 Å². The zero-order chi connectivity index (χ0) is 14.5. The quantitative estimate of drug-likeness (QED) is 0.685. The summed E-state index contributed by atoms with van der Waals surface area (Å²) >= 11 is 0. The van der Waals surface area contributed by atoms with Gasteiger partial charge in [0.25, 0.3) is 5.91 Å². The fourth-order valence-corrected chi connectivity index (χ4v) is 2.45. The minimum Gasteiger partial charge on any atom is -0.545 e. The third-order valence-electron chi connectivity index (χ3n) is 3.57. The summed E-state index contributed by atoms with van der Waals surface area (Å²) in [4.78, 5) is 26.5. The third kappa shape index (κ3) is 3.05. The summed E-state index contributed by atoms with van der Waals surface area (Å²) in [5, 5.41) is 11.0. The summed E-state index contributed by atoms with van der Waals surface area (Å²) in [5.74, 6) is -1.55. The molecule has 1 aliphatic rings. The van der Waals surface area contributed by atoms with Gasteiger partial charge in [-0.15, -0.1) is 0 Å². The Morgan fingerprint density at radius 2 is 1.85 bits per heavy atom. The number of amides is 1. The lowest BCUT2D eigenvalue weighted by Crippen LogP contribution is -3.14. The first kappa shape index (κ1) is 14.3. The van der Waals surface area contributed by atoms with Crippen LogP contribution in [0, 0.1) is 0 Å². The molecule has 0 radical (unpaired) electrons. The number of piperazine rings is 1. The molecule has 0 aliphatic carbocycles. The average Bonchev–Trinajstić information content (AvgIpc) is 2.47. The van der Waals surface area contributed by atoms with Crippen LogP contribution >= 0.6 is 0 Å². The van der Waals surface area contributed by atoms with E-state index in [1.54, 1.807) is 17.0 Å². The van der Waals surface area contributed by atoms with Crippen molar-refractivity contribution in [3.8, 4) is 0 Å². The summed E-state index contributed by atoms with van der Waals surface area (Å²) in [5.41, 5.74) is 0.165. The van der Waals surface area contributed by atoms with Crippen molar-refractivity contribution < 1.29 is 19.6 Å². The first-order chi connectivity index (χ1) is 9.63. The Kier molecular flexibility index (Phi) is 4.53. The molecule has 106 valence electrons. The first-order valence-electron chi connectivity index (χ1n) is 6.67. The van der Waals surface area contributed by atoms with E-state index in [1.807, 2.05) is 6.08 Å². The lowest BCUT2D eigenvalue weighted by molar-refractivity contribution is -0.898. The number of hydrogen-bond donors (Lipinski definition) is 1. The number of hydrogen-bond acceptors (Lipinski definition) is 3. The van der Waals surface area contributed by atoms with Gasteiger partial charge in [0.05, 0.1) is 38.7 Å². The second kappa shape index (κ2) is 6.34. The van der Waals surface area contributed by atoms with Crippen LogP contribution in [0.1, 0.15) is 20.7 Å². The van der Waals surface area contributed by atoms with Gasteiger partial charge >= 0.3 is 0 Å². The highest BCUT2D eigenvalue weighted by Crippen LogP contribution is 2.11. The normalized spacial score (nSPS) is 15.9. The molecule has 20 heavy (non-hydrogen) atoms. The standard InChI is InChI=1S/C15H18N2O3/c1-2-7-16-8-10-17(11-9-16)14(18)12-5-3-4-6-13(12)15(19)20/h2-6H,1,7-11H2,(H,19,20). The molecule has 5 nitrogen and oxygen atoms in total. The number of carbonyl (C=O) groups excluding carboxylic acids is 2. The van der Waals surface area contributed by atoms with Crippen LogP contribution in [0.3, 0.4) is 0 Å². The van der Waals surface area contributed by atoms with Gasteiger partial charge in [-0.05, 0) is 12.1 Å². The monoisotopic (exact) mass is 274 g/mol. The minimum atomic E-state index is -1.31. The lowest BCUT2D eigenvalue weighted by atomic mass is 10.1. The summed E-state index contributed by atoms with van der Waals surface area (Å²) in [7, 11) is 0. The molecule has 0 aromatic heterocycles. The molecule has 1 aromatic rings. The second-order valence-corrected chi connectivity index (χ2v) is 4.87. The largest absolute Gasteiger partial charge is 0.545 e. The van der Waals surface area contributed by atoms with E-state index >= 15 is 0 Å². The van der Waals surface area contributed by atoms with Crippen molar-refractivity contribution in [3.63, 3.8) is 0 Å². The van der Waals surface area contributed by atoms with E-state index < -0.39 is 5.97 Å². The molecule has 0 spiro atoms. The highest BCUT2D eigenvalue weighted by Gasteiger charge is 2.25. The summed E-state index contributed by atoms with van der Waals surface area (Å²) in [6.07, 6.45) is 1.87. The van der Waals surface area contributed by atoms with Crippen molar-refractivity contribution in [2.45, 2.75) is 0 Å². The van der Waals surface area contributed by atoms with Gasteiger partial charge in [-0.25, -0.2) is 0 Å². The molecule has 1 saturated heterocycles. The number of carboxylic acids is 1. The fourth-order valence-electron chi connectivity index (χ4n) is 2.45. The van der Waals surface area contributed by atoms with Gasteiger partial charge in [0.15, 0.2) is 0 Å². The summed E-state index contributed by atoms with van der Waals surface area (Å²) < 4.78 is 0. The highest BCUT2D eigenvalue weighted by atomic mass is 16.4. The van der Waals surface area contributed by atoms with Crippen LogP contribution < -0.4 is 10.0 Å². The number of quaternary nitrogens is 1. The maximum absolute atomic E-state index is 12.4. The molecule has 5 heteroatoms. The number of carboxylic acid groups (broad SMARTS) is 1. The van der Waals surface area contributed by atoms with Gasteiger partial charge in [-0.3, -0.25) is 4.79 Å². The predicted octanol–water partition coefficient (Wildman–Crippen LogP) is -1.42. The molecule has 0 bridgehead atoms. The molecule has 2 rings (SSSR count). The van der Waals surface area contributed by atoms with Gasteiger partial charge in [-0.1, -0.05) is 24.8 Å². The molecule has 1 N–H and O–H groups in total. The van der Waals surface area contributed by atoms with Crippen LogP contribution in [0.15, 0.2) is 36.9 Å². The maximum atomic E-state index is 12.4. The van der Waals surface area contributed by atoms with E-state index in [4.69, 9.17) is 0 Å². The van der Waals surface area contributed by atoms with Crippen molar-refractivity contribution in [2.75, 3.05) is 32.7 Å².